The summed E-state index contributed by atoms with van der Waals surface area (Å²) in [6.45, 7) is 0.382. The van der Waals surface area contributed by atoms with Gasteiger partial charge in [0.05, 0.1) is 0 Å². The SMILES string of the molecule is Cn1ccsc1=NC(=O)CCN1C(=O)CCc2ccccc21. The number of benzene rings is 1. The van der Waals surface area contributed by atoms with Crippen molar-refractivity contribution in [3.05, 3.63) is 46.2 Å². The third-order valence-electron chi connectivity index (χ3n) is 3.72. The molecule has 0 saturated heterocycles. The minimum atomic E-state index is -0.200. The van der Waals surface area contributed by atoms with E-state index in [1.165, 1.54) is 11.3 Å². The van der Waals surface area contributed by atoms with E-state index in [1.807, 2.05) is 47.5 Å². The quantitative estimate of drug-likeness (QED) is 0.868. The number of anilines is 1. The molecule has 1 aromatic carbocycles. The lowest BCUT2D eigenvalue weighted by Crippen LogP contribution is -2.36. The summed E-state index contributed by atoms with van der Waals surface area (Å²) in [6, 6.07) is 7.87. The molecule has 1 aliphatic heterocycles. The summed E-state index contributed by atoms with van der Waals surface area (Å²) in [5.74, 6) is -0.123. The molecule has 0 unspecified atom stereocenters. The van der Waals surface area contributed by atoms with Crippen molar-refractivity contribution in [1.29, 1.82) is 0 Å². The number of nitrogens with zero attached hydrogens (tertiary/aromatic N) is 3. The maximum atomic E-state index is 12.1. The van der Waals surface area contributed by atoms with E-state index >= 15 is 0 Å². The average Bonchev–Trinajstić information content (AvgIpc) is 2.91. The third kappa shape index (κ3) is 3.01. The smallest absolute Gasteiger partial charge is 0.250 e. The first-order valence-corrected chi connectivity index (χ1v) is 8.09. The fourth-order valence-electron chi connectivity index (χ4n) is 2.55. The molecule has 0 atom stereocenters. The number of aryl methyl sites for hydroxylation is 2. The zero-order chi connectivity index (χ0) is 15.5. The van der Waals surface area contributed by atoms with E-state index in [0.29, 0.717) is 17.8 Å². The number of hydrogen-bond donors (Lipinski definition) is 0. The van der Waals surface area contributed by atoms with E-state index in [2.05, 4.69) is 4.99 Å². The van der Waals surface area contributed by atoms with Gasteiger partial charge in [0.25, 0.3) is 0 Å². The van der Waals surface area contributed by atoms with E-state index in [9.17, 15) is 9.59 Å². The summed E-state index contributed by atoms with van der Waals surface area (Å²) >= 11 is 1.42. The zero-order valence-corrected chi connectivity index (χ0v) is 13.2. The lowest BCUT2D eigenvalue weighted by molar-refractivity contribution is -0.119. The van der Waals surface area contributed by atoms with Gasteiger partial charge in [0.1, 0.15) is 0 Å². The highest BCUT2D eigenvalue weighted by Gasteiger charge is 2.23. The minimum absolute atomic E-state index is 0.0770. The van der Waals surface area contributed by atoms with Gasteiger partial charge in [0.15, 0.2) is 4.80 Å². The maximum Gasteiger partial charge on any atom is 0.250 e. The molecule has 0 saturated carbocycles. The van der Waals surface area contributed by atoms with E-state index in [4.69, 9.17) is 0 Å². The van der Waals surface area contributed by atoms with Crippen molar-refractivity contribution < 1.29 is 9.59 Å². The molecule has 1 aliphatic rings. The van der Waals surface area contributed by atoms with Crippen molar-refractivity contribution in [3.8, 4) is 0 Å². The molecule has 1 aromatic heterocycles. The van der Waals surface area contributed by atoms with Crippen LogP contribution in [-0.4, -0.2) is 22.9 Å². The Labute approximate surface area is 132 Å². The Kier molecular flexibility index (Phi) is 4.20. The van der Waals surface area contributed by atoms with Gasteiger partial charge in [0, 0.05) is 43.7 Å². The van der Waals surface area contributed by atoms with Crippen LogP contribution in [0.25, 0.3) is 0 Å². The normalized spacial score (nSPS) is 15.0. The van der Waals surface area contributed by atoms with Crippen molar-refractivity contribution in [2.45, 2.75) is 19.3 Å². The highest BCUT2D eigenvalue weighted by molar-refractivity contribution is 7.07. The van der Waals surface area contributed by atoms with Crippen LogP contribution in [0.5, 0.6) is 0 Å². The second-order valence-corrected chi connectivity index (χ2v) is 6.10. The predicted octanol–water partition coefficient (Wildman–Crippen LogP) is 1.88. The van der Waals surface area contributed by atoms with Gasteiger partial charge in [-0.2, -0.15) is 4.99 Å². The molecule has 0 fully saturated rings. The van der Waals surface area contributed by atoms with Crippen LogP contribution in [0, 0.1) is 0 Å². The highest BCUT2D eigenvalue weighted by Crippen LogP contribution is 2.27. The molecule has 22 heavy (non-hydrogen) atoms. The topological polar surface area (TPSA) is 54.7 Å². The number of para-hydroxylation sites is 1. The van der Waals surface area contributed by atoms with Crippen LogP contribution in [0.2, 0.25) is 0 Å². The number of amides is 2. The number of fused-ring (bicyclic) bond motifs is 1. The third-order valence-corrected chi connectivity index (χ3v) is 4.57. The van der Waals surface area contributed by atoms with Crippen LogP contribution < -0.4 is 9.70 Å². The molecule has 0 radical (unpaired) electrons. The van der Waals surface area contributed by atoms with Gasteiger partial charge in [0.2, 0.25) is 11.8 Å². The van der Waals surface area contributed by atoms with Crippen LogP contribution in [0.4, 0.5) is 5.69 Å². The Hall–Kier alpha value is -2.21. The molecule has 0 aliphatic carbocycles. The van der Waals surface area contributed by atoms with Crippen LogP contribution in [0.1, 0.15) is 18.4 Å². The van der Waals surface area contributed by atoms with Crippen LogP contribution >= 0.6 is 11.3 Å². The summed E-state index contributed by atoms with van der Waals surface area (Å²) in [5.41, 5.74) is 2.09. The number of thiazole rings is 1. The van der Waals surface area contributed by atoms with Crippen molar-refractivity contribution in [2.75, 3.05) is 11.4 Å². The maximum absolute atomic E-state index is 12.1. The number of carbonyl (C=O) groups is 2. The molecular weight excluding hydrogens is 298 g/mol. The first-order chi connectivity index (χ1) is 10.6. The molecule has 0 bridgehead atoms. The molecule has 2 heterocycles. The van der Waals surface area contributed by atoms with Crippen molar-refractivity contribution in [1.82, 2.24) is 4.57 Å². The van der Waals surface area contributed by atoms with Crippen molar-refractivity contribution >= 4 is 28.8 Å². The van der Waals surface area contributed by atoms with Crippen molar-refractivity contribution in [3.63, 3.8) is 0 Å². The lowest BCUT2D eigenvalue weighted by atomic mass is 10.0. The van der Waals surface area contributed by atoms with Crippen LogP contribution in [0.15, 0.2) is 40.8 Å². The molecule has 2 amide bonds. The first-order valence-electron chi connectivity index (χ1n) is 7.21. The Balaban J connectivity index is 1.73. The van der Waals surface area contributed by atoms with Gasteiger partial charge in [-0.25, -0.2) is 0 Å². The number of aromatic nitrogens is 1. The van der Waals surface area contributed by atoms with E-state index in [-0.39, 0.29) is 18.2 Å². The summed E-state index contributed by atoms with van der Waals surface area (Å²) in [7, 11) is 1.85. The molecule has 3 rings (SSSR count). The molecule has 6 heteroatoms. The average molecular weight is 315 g/mol. The zero-order valence-electron chi connectivity index (χ0n) is 12.4. The molecular formula is C16H17N3O2S. The monoisotopic (exact) mass is 315 g/mol. The molecule has 5 nitrogen and oxygen atoms in total. The van der Waals surface area contributed by atoms with Gasteiger partial charge in [-0.05, 0) is 18.1 Å². The Morgan fingerprint density at radius 3 is 2.91 bits per heavy atom. The molecule has 114 valence electrons. The first kappa shape index (κ1) is 14.7. The highest BCUT2D eigenvalue weighted by atomic mass is 32.1. The lowest BCUT2D eigenvalue weighted by Gasteiger charge is -2.28. The molecule has 0 N–H and O–H groups in total. The molecule has 2 aromatic rings. The number of hydrogen-bond acceptors (Lipinski definition) is 3. The fourth-order valence-corrected chi connectivity index (χ4v) is 3.29. The Bertz CT molecular complexity index is 775. The van der Waals surface area contributed by atoms with Crippen molar-refractivity contribution in [2.24, 2.45) is 12.0 Å². The minimum Gasteiger partial charge on any atom is -0.327 e. The van der Waals surface area contributed by atoms with Gasteiger partial charge < -0.3 is 9.47 Å². The summed E-state index contributed by atoms with van der Waals surface area (Å²) < 4.78 is 1.81. The summed E-state index contributed by atoms with van der Waals surface area (Å²) in [5, 5.41) is 1.89. The van der Waals surface area contributed by atoms with E-state index < -0.39 is 0 Å². The van der Waals surface area contributed by atoms with Gasteiger partial charge in [-0.3, -0.25) is 9.59 Å². The second-order valence-electron chi connectivity index (χ2n) is 5.23. The predicted molar refractivity (Wildman–Crippen MR) is 85.6 cm³/mol. The molecule has 0 spiro atoms. The van der Waals surface area contributed by atoms with E-state index in [0.717, 1.165) is 17.7 Å². The largest absolute Gasteiger partial charge is 0.327 e. The number of rotatable bonds is 3. The number of carbonyl (C=O) groups excluding carboxylic acids is 2. The Morgan fingerprint density at radius 1 is 1.32 bits per heavy atom. The summed E-state index contributed by atoms with van der Waals surface area (Å²) in [6.07, 6.45) is 3.37. The Morgan fingerprint density at radius 2 is 2.14 bits per heavy atom. The van der Waals surface area contributed by atoms with Crippen LogP contribution in [0.3, 0.4) is 0 Å². The van der Waals surface area contributed by atoms with Gasteiger partial charge in [-0.15, -0.1) is 11.3 Å². The van der Waals surface area contributed by atoms with Gasteiger partial charge in [-0.1, -0.05) is 18.2 Å². The van der Waals surface area contributed by atoms with E-state index in [1.54, 1.807) is 4.90 Å². The fraction of sp³-hybridized carbons (Fsp3) is 0.312. The summed E-state index contributed by atoms with van der Waals surface area (Å²) in [4.78, 5) is 30.6. The second kappa shape index (κ2) is 6.27. The standard InChI is InChI=1S/C16H17N3O2S/c1-18-10-11-22-16(18)17-14(20)8-9-19-13-5-3-2-4-12(13)6-7-15(19)21/h2-5,10-11H,6-9H2,1H3. The van der Waals surface area contributed by atoms with Crippen LogP contribution in [-0.2, 0) is 23.1 Å². The van der Waals surface area contributed by atoms with Gasteiger partial charge >= 0.3 is 0 Å².